The monoisotopic (exact) mass is 609 g/mol. The molecule has 0 unspecified atom stereocenters. The van der Waals surface area contributed by atoms with Crippen LogP contribution in [0.3, 0.4) is 0 Å². The van der Waals surface area contributed by atoms with E-state index in [1.54, 1.807) is 0 Å². The van der Waals surface area contributed by atoms with Crippen molar-refractivity contribution in [2.75, 3.05) is 13.2 Å². The second kappa shape index (κ2) is 12.0. The number of likely N-dealkylation sites (tertiary alicyclic amines) is 1. The maximum atomic E-state index is 15.1. The predicted molar refractivity (Wildman–Crippen MR) is 178 cm³/mol. The Morgan fingerprint density at radius 2 is 1.45 bits per heavy atom. The molecule has 232 valence electrons. The van der Waals surface area contributed by atoms with Crippen LogP contribution >= 0.6 is 0 Å². The topological polar surface area (TPSA) is 59.0 Å². The van der Waals surface area contributed by atoms with Gasteiger partial charge in [0.2, 0.25) is 5.91 Å². The Labute approximate surface area is 257 Å². The number of benzene rings is 2. The second-order valence-corrected chi connectivity index (χ2v) is 25.2. The van der Waals surface area contributed by atoms with E-state index in [0.717, 1.165) is 12.0 Å². The number of carbonyl (C=O) groups is 1. The molecule has 0 aromatic heterocycles. The number of amides is 1. The molecule has 1 fully saturated rings. The minimum atomic E-state index is -2.23. The van der Waals surface area contributed by atoms with Crippen LogP contribution in [0.5, 0.6) is 0 Å². The van der Waals surface area contributed by atoms with Crippen LogP contribution in [-0.4, -0.2) is 57.9 Å². The maximum Gasteiger partial charge on any atom is 0.232 e. The molecular weight excluding hydrogens is 555 g/mol. The van der Waals surface area contributed by atoms with Crippen LogP contribution in [0.4, 0.5) is 0 Å². The first-order valence-electron chi connectivity index (χ1n) is 15.8. The van der Waals surface area contributed by atoms with Crippen molar-refractivity contribution >= 4 is 22.5 Å². The lowest BCUT2D eigenvalue weighted by Crippen LogP contribution is -2.50. The predicted octanol–water partition coefficient (Wildman–Crippen LogP) is 7.91. The summed E-state index contributed by atoms with van der Waals surface area (Å²) >= 11 is 0. The molecule has 0 saturated carbocycles. The third-order valence-corrected chi connectivity index (χ3v) is 19.8. The summed E-state index contributed by atoms with van der Waals surface area (Å²) in [6, 6.07) is 18.8. The lowest BCUT2D eigenvalue weighted by molar-refractivity contribution is -0.141. The summed E-state index contributed by atoms with van der Waals surface area (Å²) in [7, 11) is -4.35. The fourth-order valence-corrected chi connectivity index (χ4v) is 8.94. The van der Waals surface area contributed by atoms with Gasteiger partial charge in [-0.15, -0.1) is 0 Å². The normalized spacial score (nSPS) is 25.3. The second-order valence-electron chi connectivity index (χ2n) is 15.7. The Bertz CT molecular complexity index is 1230. The molecule has 1 aliphatic heterocycles. The van der Waals surface area contributed by atoms with Gasteiger partial charge in [0.1, 0.15) is 0 Å². The largest absolute Gasteiger partial charge is 0.411 e. The lowest BCUT2D eigenvalue weighted by atomic mass is 9.74. The molecule has 1 saturated heterocycles. The van der Waals surface area contributed by atoms with Crippen LogP contribution in [0.25, 0.3) is 0 Å². The minimum absolute atomic E-state index is 0.00682. The van der Waals surface area contributed by atoms with Gasteiger partial charge in [-0.25, -0.2) is 0 Å². The summed E-state index contributed by atoms with van der Waals surface area (Å²) in [4.78, 5) is 17.3. The average molecular weight is 610 g/mol. The Hall–Kier alpha value is -1.78. The number of aliphatic hydroxyl groups excluding tert-OH is 1. The fraction of sp³-hybridized carbons (Fsp3) is 0.629. The van der Waals surface area contributed by atoms with Gasteiger partial charge in [0.05, 0.1) is 23.7 Å². The van der Waals surface area contributed by atoms with E-state index < -0.39 is 22.0 Å². The van der Waals surface area contributed by atoms with Crippen LogP contribution in [0, 0.1) is 5.41 Å². The number of rotatable bonds is 10. The summed E-state index contributed by atoms with van der Waals surface area (Å²) in [5.74, 6) is 0.147. The van der Waals surface area contributed by atoms with E-state index in [9.17, 15) is 5.11 Å². The Morgan fingerprint density at radius 1 is 0.881 bits per heavy atom. The van der Waals surface area contributed by atoms with Crippen molar-refractivity contribution in [2.24, 2.45) is 5.41 Å². The quantitative estimate of drug-likeness (QED) is 0.278. The van der Waals surface area contributed by atoms with Crippen LogP contribution in [0.2, 0.25) is 36.3 Å². The van der Waals surface area contributed by atoms with E-state index in [1.165, 1.54) is 11.1 Å². The Morgan fingerprint density at radius 3 is 2.05 bits per heavy atom. The number of carbonyl (C=O) groups excluding carboxylic acids is 1. The highest BCUT2D eigenvalue weighted by Crippen LogP contribution is 2.51. The third-order valence-electron chi connectivity index (χ3n) is 10.8. The molecule has 0 spiro atoms. The van der Waals surface area contributed by atoms with E-state index in [-0.39, 0.29) is 40.8 Å². The highest BCUT2D eigenvalue weighted by atomic mass is 28.4. The molecular formula is C35H55NO4Si2. The van der Waals surface area contributed by atoms with E-state index in [4.69, 9.17) is 8.85 Å². The first-order valence-corrected chi connectivity index (χ1v) is 21.6. The molecule has 7 heteroatoms. The van der Waals surface area contributed by atoms with Gasteiger partial charge in [0.25, 0.3) is 0 Å². The van der Waals surface area contributed by atoms with Crippen LogP contribution < -0.4 is 0 Å². The van der Waals surface area contributed by atoms with Crippen molar-refractivity contribution in [1.29, 1.82) is 0 Å². The molecule has 4 atom stereocenters. The van der Waals surface area contributed by atoms with Crippen molar-refractivity contribution < 1.29 is 18.8 Å². The van der Waals surface area contributed by atoms with Crippen molar-refractivity contribution in [3.63, 3.8) is 0 Å². The minimum Gasteiger partial charge on any atom is -0.411 e. The molecule has 2 aliphatic rings. The van der Waals surface area contributed by atoms with Gasteiger partial charge in [-0.2, -0.15) is 0 Å². The van der Waals surface area contributed by atoms with Gasteiger partial charge in [0, 0.05) is 19.6 Å². The summed E-state index contributed by atoms with van der Waals surface area (Å²) in [5, 5.41) is 10.1. The molecule has 42 heavy (non-hydrogen) atoms. The van der Waals surface area contributed by atoms with E-state index >= 15 is 4.79 Å². The summed E-state index contributed by atoms with van der Waals surface area (Å²) in [5.41, 5.74) is 2.86. The van der Waals surface area contributed by atoms with E-state index in [1.807, 2.05) is 18.2 Å². The molecule has 1 heterocycles. The van der Waals surface area contributed by atoms with Crippen molar-refractivity contribution in [1.82, 2.24) is 4.90 Å². The summed E-state index contributed by atoms with van der Waals surface area (Å²) in [6.07, 6.45) is 2.21. The zero-order chi connectivity index (χ0) is 31.1. The lowest BCUT2D eigenvalue weighted by Gasteiger charge is -2.42. The number of aliphatic hydroxyl groups is 1. The molecule has 1 N–H and O–H groups in total. The van der Waals surface area contributed by atoms with Crippen molar-refractivity contribution in [3.8, 4) is 0 Å². The highest BCUT2D eigenvalue weighted by Gasteiger charge is 2.59. The number of hydrogen-bond acceptors (Lipinski definition) is 4. The van der Waals surface area contributed by atoms with Gasteiger partial charge in [-0.1, -0.05) is 96.1 Å². The summed E-state index contributed by atoms with van der Waals surface area (Å²) in [6.45, 7) is 23.4. The van der Waals surface area contributed by atoms with E-state index in [0.29, 0.717) is 25.8 Å². The third kappa shape index (κ3) is 6.36. The molecule has 5 nitrogen and oxygen atoms in total. The Balaban J connectivity index is 1.83. The molecule has 0 radical (unpaired) electrons. The highest BCUT2D eigenvalue weighted by molar-refractivity contribution is 6.74. The zero-order valence-electron chi connectivity index (χ0n) is 27.8. The molecule has 0 bridgehead atoms. The fourth-order valence-electron chi connectivity index (χ4n) is 6.25. The van der Waals surface area contributed by atoms with Gasteiger partial charge >= 0.3 is 0 Å². The molecule has 2 aromatic rings. The smallest absolute Gasteiger partial charge is 0.232 e. The standard InChI is InChI=1S/C35H55NO4Si2/c1-33(2,3)41(7,8)39-29-23-27-19-14-15-20-28(27)31(29)36-25-30(40-42(9,10)34(4,5)6)35(32(36)38,21-16-22-37)24-26-17-12-11-13-18-26/h11-15,17-20,29-31,37H,16,21-25H2,1-10H3/t29-,30-,31+,35+/m1/s1. The zero-order valence-corrected chi connectivity index (χ0v) is 29.8. The first-order chi connectivity index (χ1) is 19.4. The first kappa shape index (κ1) is 33.1. The maximum absolute atomic E-state index is 15.1. The van der Waals surface area contributed by atoms with Crippen LogP contribution in [0.15, 0.2) is 54.6 Å². The molecule has 2 aromatic carbocycles. The SMILES string of the molecule is CC(C)(C)[Si](C)(C)O[C@@H]1Cc2ccccc2[C@@H]1N1C[C@@H](O[Si](C)(C)C(C)(C)C)[C@](CCCO)(Cc2ccccc2)C1=O. The molecule has 1 amide bonds. The molecule has 1 aliphatic carbocycles. The van der Waals surface area contributed by atoms with Gasteiger partial charge in [0.15, 0.2) is 16.6 Å². The van der Waals surface area contributed by atoms with E-state index in [2.05, 4.69) is 109 Å². The Kier molecular flexibility index (Phi) is 9.43. The van der Waals surface area contributed by atoms with Crippen LogP contribution in [-0.2, 0) is 26.5 Å². The van der Waals surface area contributed by atoms with Gasteiger partial charge in [-0.3, -0.25) is 4.79 Å². The number of nitrogens with zero attached hydrogens (tertiary/aromatic N) is 1. The number of hydrogen-bond donors (Lipinski definition) is 1. The molecule has 4 rings (SSSR count). The van der Waals surface area contributed by atoms with Gasteiger partial charge < -0.3 is 18.9 Å². The van der Waals surface area contributed by atoms with Gasteiger partial charge in [-0.05, 0) is 72.2 Å². The van der Waals surface area contributed by atoms with Crippen LogP contribution in [0.1, 0.15) is 77.1 Å². The number of fused-ring (bicyclic) bond motifs is 1. The van der Waals surface area contributed by atoms with Crippen molar-refractivity contribution in [2.45, 2.75) is 122 Å². The van der Waals surface area contributed by atoms with Crippen molar-refractivity contribution in [3.05, 3.63) is 71.3 Å². The average Bonchev–Trinajstić information content (AvgIpc) is 3.36. The summed E-state index contributed by atoms with van der Waals surface area (Å²) < 4.78 is 14.4.